The van der Waals surface area contributed by atoms with Crippen LogP contribution < -0.4 is 0 Å². The third kappa shape index (κ3) is 1.68. The lowest BCUT2D eigenvalue weighted by molar-refractivity contribution is 0.547. The van der Waals surface area contributed by atoms with E-state index < -0.39 is 0 Å². The second-order valence-corrected chi connectivity index (χ2v) is 5.36. The average Bonchev–Trinajstić information content (AvgIpc) is 2.65. The van der Waals surface area contributed by atoms with Gasteiger partial charge >= 0.3 is 0 Å². The summed E-state index contributed by atoms with van der Waals surface area (Å²) in [4.78, 5) is 0. The fourth-order valence-electron chi connectivity index (χ4n) is 2.99. The van der Waals surface area contributed by atoms with E-state index >= 15 is 0 Å². The molecule has 0 saturated carbocycles. The van der Waals surface area contributed by atoms with Crippen LogP contribution >= 0.6 is 0 Å². The lowest BCUT2D eigenvalue weighted by Gasteiger charge is -2.15. The standard InChI is InChI=1S/C17H18/c1-12(2)11-17-15-9-5-3-7-13(15)14-8-4-6-10-16(14)17/h3-10,12,17H,11H2,1-2H3. The predicted molar refractivity (Wildman–Crippen MR) is 73.2 cm³/mol. The lowest BCUT2D eigenvalue weighted by Crippen LogP contribution is -2.01. The number of hydrogen-bond donors (Lipinski definition) is 0. The third-order valence-corrected chi connectivity index (χ3v) is 3.67. The van der Waals surface area contributed by atoms with Gasteiger partial charge in [0, 0.05) is 5.92 Å². The molecular weight excluding hydrogens is 204 g/mol. The molecule has 0 saturated heterocycles. The summed E-state index contributed by atoms with van der Waals surface area (Å²) in [6.07, 6.45) is 1.24. The number of benzene rings is 2. The molecule has 0 radical (unpaired) electrons. The molecule has 0 aromatic heterocycles. The Morgan fingerprint density at radius 3 is 1.76 bits per heavy atom. The van der Waals surface area contributed by atoms with Gasteiger partial charge in [-0.3, -0.25) is 0 Å². The summed E-state index contributed by atoms with van der Waals surface area (Å²) in [6, 6.07) is 17.7. The number of fused-ring (bicyclic) bond motifs is 3. The van der Waals surface area contributed by atoms with Crippen molar-refractivity contribution < 1.29 is 0 Å². The first kappa shape index (κ1) is 10.6. The van der Waals surface area contributed by atoms with E-state index in [1.165, 1.54) is 28.7 Å². The van der Waals surface area contributed by atoms with Crippen LogP contribution in [0.4, 0.5) is 0 Å². The van der Waals surface area contributed by atoms with Crippen LogP contribution in [0, 0.1) is 5.92 Å². The smallest absolute Gasteiger partial charge is 0.0104 e. The van der Waals surface area contributed by atoms with Gasteiger partial charge in [-0.25, -0.2) is 0 Å². The topological polar surface area (TPSA) is 0 Å². The average molecular weight is 222 g/mol. The first-order chi connectivity index (χ1) is 8.27. The molecule has 0 N–H and O–H groups in total. The van der Waals surface area contributed by atoms with E-state index in [1.54, 1.807) is 0 Å². The summed E-state index contributed by atoms with van der Waals surface area (Å²) in [5.74, 6) is 1.33. The molecule has 0 aliphatic heterocycles. The highest BCUT2D eigenvalue weighted by molar-refractivity contribution is 5.78. The zero-order valence-corrected chi connectivity index (χ0v) is 10.5. The highest BCUT2D eigenvalue weighted by atomic mass is 14.3. The monoisotopic (exact) mass is 222 g/mol. The molecule has 1 aliphatic carbocycles. The van der Waals surface area contributed by atoms with E-state index in [0.717, 1.165) is 5.92 Å². The van der Waals surface area contributed by atoms with E-state index in [1.807, 2.05) is 0 Å². The maximum Gasteiger partial charge on any atom is 0.0104 e. The summed E-state index contributed by atoms with van der Waals surface area (Å²) in [5, 5.41) is 0. The molecule has 0 fully saturated rings. The van der Waals surface area contributed by atoms with Gasteiger partial charge in [-0.1, -0.05) is 62.4 Å². The molecule has 1 aliphatic rings. The van der Waals surface area contributed by atoms with E-state index in [9.17, 15) is 0 Å². The van der Waals surface area contributed by atoms with Gasteiger partial charge in [0.1, 0.15) is 0 Å². The minimum atomic E-state index is 0.599. The minimum Gasteiger partial charge on any atom is -0.0627 e. The Bertz CT molecular complexity index is 492. The molecule has 3 rings (SSSR count). The van der Waals surface area contributed by atoms with E-state index in [0.29, 0.717) is 5.92 Å². The Balaban J connectivity index is 2.17. The van der Waals surface area contributed by atoms with Crippen molar-refractivity contribution >= 4 is 0 Å². The minimum absolute atomic E-state index is 0.599. The van der Waals surface area contributed by atoms with E-state index in [-0.39, 0.29) is 0 Å². The molecular formula is C17H18. The van der Waals surface area contributed by atoms with Crippen LogP contribution in [0.2, 0.25) is 0 Å². The van der Waals surface area contributed by atoms with Crippen LogP contribution in [0.1, 0.15) is 37.3 Å². The first-order valence-corrected chi connectivity index (χ1v) is 6.45. The Morgan fingerprint density at radius 2 is 1.29 bits per heavy atom. The van der Waals surface area contributed by atoms with Crippen molar-refractivity contribution in [3.8, 4) is 11.1 Å². The van der Waals surface area contributed by atoms with Gasteiger partial charge in [0.25, 0.3) is 0 Å². The summed E-state index contributed by atoms with van der Waals surface area (Å²) in [7, 11) is 0. The molecule has 86 valence electrons. The van der Waals surface area contributed by atoms with Crippen molar-refractivity contribution in [1.82, 2.24) is 0 Å². The van der Waals surface area contributed by atoms with Crippen LogP contribution in [0.15, 0.2) is 48.5 Å². The van der Waals surface area contributed by atoms with Crippen LogP contribution in [0.3, 0.4) is 0 Å². The fourth-order valence-corrected chi connectivity index (χ4v) is 2.99. The van der Waals surface area contributed by atoms with Crippen molar-refractivity contribution in [3.05, 3.63) is 59.7 Å². The summed E-state index contributed by atoms with van der Waals surface area (Å²) < 4.78 is 0. The highest BCUT2D eigenvalue weighted by Crippen LogP contribution is 2.46. The van der Waals surface area contributed by atoms with Gasteiger partial charge in [-0.2, -0.15) is 0 Å². The number of hydrogen-bond acceptors (Lipinski definition) is 0. The van der Waals surface area contributed by atoms with E-state index in [4.69, 9.17) is 0 Å². The predicted octanol–water partition coefficient (Wildman–Crippen LogP) is 4.85. The van der Waals surface area contributed by atoms with E-state index in [2.05, 4.69) is 62.4 Å². The largest absolute Gasteiger partial charge is 0.0627 e. The van der Waals surface area contributed by atoms with Gasteiger partial charge in [0.15, 0.2) is 0 Å². The first-order valence-electron chi connectivity index (χ1n) is 6.45. The quantitative estimate of drug-likeness (QED) is 0.681. The Morgan fingerprint density at radius 1 is 0.824 bits per heavy atom. The van der Waals surface area contributed by atoms with Crippen molar-refractivity contribution in [1.29, 1.82) is 0 Å². The lowest BCUT2D eigenvalue weighted by atomic mass is 9.89. The fraction of sp³-hybridized carbons (Fsp3) is 0.294. The second-order valence-electron chi connectivity index (χ2n) is 5.36. The van der Waals surface area contributed by atoms with Crippen LogP contribution in [0.5, 0.6) is 0 Å². The Labute approximate surface area is 103 Å². The molecule has 0 heterocycles. The number of rotatable bonds is 2. The molecule has 0 nitrogen and oxygen atoms in total. The van der Waals surface area contributed by atoms with Crippen LogP contribution in [0.25, 0.3) is 11.1 Å². The summed E-state index contributed by atoms with van der Waals surface area (Å²) in [5.41, 5.74) is 5.91. The Kier molecular flexibility index (Phi) is 2.51. The molecule has 0 unspecified atom stereocenters. The molecule has 0 spiro atoms. The zero-order valence-electron chi connectivity index (χ0n) is 10.5. The zero-order chi connectivity index (χ0) is 11.8. The maximum absolute atomic E-state index is 2.31. The highest BCUT2D eigenvalue weighted by Gasteiger charge is 2.27. The van der Waals surface area contributed by atoms with Gasteiger partial charge in [-0.15, -0.1) is 0 Å². The third-order valence-electron chi connectivity index (χ3n) is 3.67. The second kappa shape index (κ2) is 4.03. The SMILES string of the molecule is CC(C)CC1c2ccccc2-c2ccccc21. The molecule has 0 amide bonds. The van der Waals surface area contributed by atoms with Crippen LogP contribution in [-0.4, -0.2) is 0 Å². The summed E-state index contributed by atoms with van der Waals surface area (Å²) >= 11 is 0. The van der Waals surface area contributed by atoms with Gasteiger partial charge < -0.3 is 0 Å². The molecule has 17 heavy (non-hydrogen) atoms. The molecule has 0 heteroatoms. The van der Waals surface area contributed by atoms with Gasteiger partial charge in [0.2, 0.25) is 0 Å². The van der Waals surface area contributed by atoms with Crippen LogP contribution in [-0.2, 0) is 0 Å². The molecule has 2 aromatic rings. The normalized spacial score (nSPS) is 13.8. The van der Waals surface area contributed by atoms with Crippen molar-refractivity contribution in [2.24, 2.45) is 5.92 Å². The van der Waals surface area contributed by atoms with Gasteiger partial charge in [0.05, 0.1) is 0 Å². The van der Waals surface area contributed by atoms with Crippen molar-refractivity contribution in [2.75, 3.05) is 0 Å². The van der Waals surface area contributed by atoms with Gasteiger partial charge in [-0.05, 0) is 34.6 Å². The summed E-state index contributed by atoms with van der Waals surface area (Å²) in [6.45, 7) is 4.62. The molecule has 0 bridgehead atoms. The Hall–Kier alpha value is -1.56. The van der Waals surface area contributed by atoms with Crippen molar-refractivity contribution in [2.45, 2.75) is 26.2 Å². The molecule has 0 atom stereocenters. The maximum atomic E-state index is 2.31. The molecule has 2 aromatic carbocycles. The van der Waals surface area contributed by atoms with Crippen molar-refractivity contribution in [3.63, 3.8) is 0 Å².